The Kier molecular flexibility index (Phi) is 5.36. The molecule has 0 aliphatic carbocycles. The van der Waals surface area contributed by atoms with Crippen LogP contribution in [0.1, 0.15) is 30.1 Å². The van der Waals surface area contributed by atoms with Crippen molar-refractivity contribution in [3.05, 3.63) is 64.6 Å². The number of rotatable bonds is 5. The van der Waals surface area contributed by atoms with Crippen molar-refractivity contribution in [1.82, 2.24) is 0 Å². The van der Waals surface area contributed by atoms with Crippen LogP contribution in [0.15, 0.2) is 59.1 Å². The van der Waals surface area contributed by atoms with Gasteiger partial charge in [0, 0.05) is 22.3 Å². The average Bonchev–Trinajstić information content (AvgIpc) is 2.48. The van der Waals surface area contributed by atoms with Gasteiger partial charge in [0.1, 0.15) is 0 Å². The molecule has 0 saturated heterocycles. The fourth-order valence-corrected chi connectivity index (χ4v) is 2.45. The SMILES string of the molecule is CCCCN(C(=O)c1cccc(Br)c1)c1ccccc1. The lowest BCUT2D eigenvalue weighted by molar-refractivity contribution is 0.0986. The van der Waals surface area contributed by atoms with E-state index in [1.165, 1.54) is 0 Å². The minimum Gasteiger partial charge on any atom is -0.308 e. The Morgan fingerprint density at radius 1 is 1.10 bits per heavy atom. The monoisotopic (exact) mass is 331 g/mol. The van der Waals surface area contributed by atoms with Crippen LogP contribution < -0.4 is 4.90 Å². The number of carbonyl (C=O) groups is 1. The van der Waals surface area contributed by atoms with Crippen molar-refractivity contribution in [1.29, 1.82) is 0 Å². The third-order valence-corrected chi connectivity index (χ3v) is 3.61. The van der Waals surface area contributed by atoms with Crippen LogP contribution in [-0.4, -0.2) is 12.5 Å². The maximum absolute atomic E-state index is 12.7. The summed E-state index contributed by atoms with van der Waals surface area (Å²) in [6, 6.07) is 17.4. The zero-order valence-electron chi connectivity index (χ0n) is 11.6. The number of hydrogen-bond acceptors (Lipinski definition) is 1. The van der Waals surface area contributed by atoms with Gasteiger partial charge in [-0.05, 0) is 36.8 Å². The molecule has 0 heterocycles. The standard InChI is InChI=1S/C17H18BrNO/c1-2-3-12-19(16-10-5-4-6-11-16)17(20)14-8-7-9-15(18)13-14/h4-11,13H,2-3,12H2,1H3. The molecule has 1 amide bonds. The summed E-state index contributed by atoms with van der Waals surface area (Å²) in [5.74, 6) is 0.0472. The molecule has 2 aromatic rings. The molecule has 0 aromatic heterocycles. The normalized spacial score (nSPS) is 10.3. The Morgan fingerprint density at radius 2 is 1.85 bits per heavy atom. The molecule has 2 aromatic carbocycles. The molecule has 0 aliphatic heterocycles. The average molecular weight is 332 g/mol. The van der Waals surface area contributed by atoms with E-state index in [2.05, 4.69) is 22.9 Å². The molecular formula is C17H18BrNO. The van der Waals surface area contributed by atoms with E-state index >= 15 is 0 Å². The minimum absolute atomic E-state index is 0.0472. The van der Waals surface area contributed by atoms with E-state index in [4.69, 9.17) is 0 Å². The first kappa shape index (κ1) is 14.8. The molecule has 0 radical (unpaired) electrons. The summed E-state index contributed by atoms with van der Waals surface area (Å²) in [5, 5.41) is 0. The van der Waals surface area contributed by atoms with Crippen LogP contribution in [0, 0.1) is 0 Å². The van der Waals surface area contributed by atoms with Crippen LogP contribution in [0.2, 0.25) is 0 Å². The van der Waals surface area contributed by atoms with E-state index in [0.29, 0.717) is 5.56 Å². The molecule has 104 valence electrons. The Labute approximate surface area is 128 Å². The molecule has 0 aliphatic rings. The van der Waals surface area contributed by atoms with Gasteiger partial charge in [-0.25, -0.2) is 0 Å². The van der Waals surface area contributed by atoms with Gasteiger partial charge >= 0.3 is 0 Å². The highest BCUT2D eigenvalue weighted by Crippen LogP contribution is 2.19. The molecule has 0 spiro atoms. The first-order valence-electron chi connectivity index (χ1n) is 6.85. The second-order valence-corrected chi connectivity index (χ2v) is 5.57. The van der Waals surface area contributed by atoms with Crippen molar-refractivity contribution in [3.8, 4) is 0 Å². The highest BCUT2D eigenvalue weighted by molar-refractivity contribution is 9.10. The van der Waals surface area contributed by atoms with Crippen molar-refractivity contribution >= 4 is 27.5 Å². The Morgan fingerprint density at radius 3 is 2.50 bits per heavy atom. The number of hydrogen-bond donors (Lipinski definition) is 0. The van der Waals surface area contributed by atoms with E-state index in [-0.39, 0.29) is 5.91 Å². The van der Waals surface area contributed by atoms with E-state index in [9.17, 15) is 4.79 Å². The van der Waals surface area contributed by atoms with Crippen LogP contribution in [0.5, 0.6) is 0 Å². The van der Waals surface area contributed by atoms with Gasteiger partial charge in [0.25, 0.3) is 5.91 Å². The minimum atomic E-state index is 0.0472. The number of para-hydroxylation sites is 1. The smallest absolute Gasteiger partial charge is 0.258 e. The summed E-state index contributed by atoms with van der Waals surface area (Å²) in [4.78, 5) is 14.6. The van der Waals surface area contributed by atoms with Crippen LogP contribution in [0.3, 0.4) is 0 Å². The van der Waals surface area contributed by atoms with Crippen molar-refractivity contribution in [2.24, 2.45) is 0 Å². The van der Waals surface area contributed by atoms with E-state index < -0.39 is 0 Å². The van der Waals surface area contributed by atoms with Gasteiger partial charge in [-0.3, -0.25) is 4.79 Å². The zero-order valence-corrected chi connectivity index (χ0v) is 13.1. The number of carbonyl (C=O) groups excluding carboxylic acids is 1. The predicted molar refractivity (Wildman–Crippen MR) is 87.2 cm³/mol. The lowest BCUT2D eigenvalue weighted by Crippen LogP contribution is -2.31. The van der Waals surface area contributed by atoms with Crippen LogP contribution >= 0.6 is 15.9 Å². The number of amides is 1. The van der Waals surface area contributed by atoms with Gasteiger partial charge in [-0.1, -0.05) is 53.5 Å². The number of nitrogens with zero attached hydrogens (tertiary/aromatic N) is 1. The lowest BCUT2D eigenvalue weighted by atomic mass is 10.1. The quantitative estimate of drug-likeness (QED) is 0.763. The van der Waals surface area contributed by atoms with E-state index in [1.807, 2.05) is 59.5 Å². The topological polar surface area (TPSA) is 20.3 Å². The zero-order chi connectivity index (χ0) is 14.4. The molecule has 0 saturated carbocycles. The maximum atomic E-state index is 12.7. The summed E-state index contributed by atoms with van der Waals surface area (Å²) in [6.07, 6.45) is 2.06. The Bertz CT molecular complexity index is 568. The second-order valence-electron chi connectivity index (χ2n) is 4.66. The molecule has 0 fully saturated rings. The highest BCUT2D eigenvalue weighted by atomic mass is 79.9. The fraction of sp³-hybridized carbons (Fsp3) is 0.235. The molecule has 0 unspecified atom stereocenters. The van der Waals surface area contributed by atoms with Gasteiger partial charge in [-0.15, -0.1) is 0 Å². The first-order valence-corrected chi connectivity index (χ1v) is 7.64. The Hall–Kier alpha value is -1.61. The molecule has 0 N–H and O–H groups in total. The first-order chi connectivity index (χ1) is 9.72. The number of benzene rings is 2. The summed E-state index contributed by atoms with van der Waals surface area (Å²) in [7, 11) is 0. The van der Waals surface area contributed by atoms with Gasteiger partial charge in [0.2, 0.25) is 0 Å². The summed E-state index contributed by atoms with van der Waals surface area (Å²) < 4.78 is 0.923. The molecule has 20 heavy (non-hydrogen) atoms. The van der Waals surface area contributed by atoms with Crippen molar-refractivity contribution in [2.45, 2.75) is 19.8 Å². The number of anilines is 1. The predicted octanol–water partition coefficient (Wildman–Crippen LogP) is 4.90. The third-order valence-electron chi connectivity index (χ3n) is 3.12. The molecule has 2 nitrogen and oxygen atoms in total. The van der Waals surface area contributed by atoms with Crippen LogP contribution in [-0.2, 0) is 0 Å². The van der Waals surface area contributed by atoms with Gasteiger partial charge < -0.3 is 4.90 Å². The van der Waals surface area contributed by atoms with E-state index in [0.717, 1.165) is 29.5 Å². The van der Waals surface area contributed by atoms with Crippen molar-refractivity contribution in [3.63, 3.8) is 0 Å². The molecule has 2 rings (SSSR count). The fourth-order valence-electron chi connectivity index (χ4n) is 2.05. The maximum Gasteiger partial charge on any atom is 0.258 e. The second kappa shape index (κ2) is 7.25. The lowest BCUT2D eigenvalue weighted by Gasteiger charge is -2.23. The molecule has 3 heteroatoms. The number of unbranched alkanes of at least 4 members (excludes halogenated alkanes) is 1. The van der Waals surface area contributed by atoms with Crippen molar-refractivity contribution < 1.29 is 4.79 Å². The van der Waals surface area contributed by atoms with Gasteiger partial charge in [0.15, 0.2) is 0 Å². The van der Waals surface area contributed by atoms with Crippen LogP contribution in [0.25, 0.3) is 0 Å². The van der Waals surface area contributed by atoms with Gasteiger partial charge in [-0.2, -0.15) is 0 Å². The van der Waals surface area contributed by atoms with Gasteiger partial charge in [0.05, 0.1) is 0 Å². The summed E-state index contributed by atoms with van der Waals surface area (Å²) in [6.45, 7) is 2.87. The van der Waals surface area contributed by atoms with Crippen molar-refractivity contribution in [2.75, 3.05) is 11.4 Å². The summed E-state index contributed by atoms with van der Waals surface area (Å²) >= 11 is 3.42. The molecular weight excluding hydrogens is 314 g/mol. The Balaban J connectivity index is 2.29. The van der Waals surface area contributed by atoms with Crippen LogP contribution in [0.4, 0.5) is 5.69 Å². The molecule has 0 atom stereocenters. The molecule has 0 bridgehead atoms. The number of halogens is 1. The third kappa shape index (κ3) is 3.70. The highest BCUT2D eigenvalue weighted by Gasteiger charge is 2.17. The summed E-state index contributed by atoms with van der Waals surface area (Å²) in [5.41, 5.74) is 1.66. The van der Waals surface area contributed by atoms with E-state index in [1.54, 1.807) is 0 Å². The largest absolute Gasteiger partial charge is 0.308 e.